The van der Waals surface area contributed by atoms with E-state index in [2.05, 4.69) is 6.92 Å². The molecule has 6 aliphatic rings. The summed E-state index contributed by atoms with van der Waals surface area (Å²) in [5.74, 6) is 2.20. The second-order valence-corrected chi connectivity index (χ2v) is 5.99. The second-order valence-electron chi connectivity index (χ2n) is 5.99. The molecule has 0 bridgehead atoms. The highest BCUT2D eigenvalue weighted by atomic mass is 35.5. The van der Waals surface area contributed by atoms with E-state index in [1.807, 2.05) is 0 Å². The second kappa shape index (κ2) is 1.37. The van der Waals surface area contributed by atoms with Gasteiger partial charge >= 0.3 is 5.97 Å². The van der Waals surface area contributed by atoms with Crippen LogP contribution >= 0.6 is 12.4 Å². The summed E-state index contributed by atoms with van der Waals surface area (Å²) in [5.41, 5.74) is 6.20. The van der Waals surface area contributed by atoms with Crippen LogP contribution in [-0.2, 0) is 4.79 Å². The molecule has 3 N–H and O–H groups in total. The fraction of sp³-hybridized carbons (Fsp3) is 0.900. The Kier molecular flexibility index (Phi) is 0.777. The predicted octanol–water partition coefficient (Wildman–Crippen LogP) is 0.332. The number of carboxylic acids is 1. The first-order valence-electron chi connectivity index (χ1n) is 5.07. The molecular formula is C10H12ClNO2. The van der Waals surface area contributed by atoms with E-state index in [-0.39, 0.29) is 28.8 Å². The number of rotatable bonds is 1. The van der Waals surface area contributed by atoms with Crippen molar-refractivity contribution in [1.82, 2.24) is 0 Å². The molecule has 0 spiro atoms. The van der Waals surface area contributed by atoms with Gasteiger partial charge in [-0.05, 0) is 35.0 Å². The molecule has 3 nitrogen and oxygen atoms in total. The van der Waals surface area contributed by atoms with Crippen molar-refractivity contribution in [3.05, 3.63) is 0 Å². The number of hydrogen-bond donors (Lipinski definition) is 2. The van der Waals surface area contributed by atoms with E-state index in [1.54, 1.807) is 0 Å². The molecule has 76 valence electrons. The van der Waals surface area contributed by atoms with E-state index in [1.165, 1.54) is 0 Å². The van der Waals surface area contributed by atoms with Gasteiger partial charge < -0.3 is 10.8 Å². The first-order valence-corrected chi connectivity index (χ1v) is 5.07. The fourth-order valence-electron chi connectivity index (χ4n) is 6.89. The van der Waals surface area contributed by atoms with E-state index < -0.39 is 5.97 Å². The Morgan fingerprint density at radius 1 is 1.29 bits per heavy atom. The average Bonchev–Trinajstić information content (AvgIpc) is 2.02. The van der Waals surface area contributed by atoms with Crippen LogP contribution in [-0.4, -0.2) is 16.6 Å². The lowest BCUT2D eigenvalue weighted by molar-refractivity contribution is -0.646. The monoisotopic (exact) mass is 213 g/mol. The van der Waals surface area contributed by atoms with Crippen LogP contribution in [0.3, 0.4) is 0 Å². The Labute approximate surface area is 87.4 Å². The maximum absolute atomic E-state index is 11.3. The van der Waals surface area contributed by atoms with Crippen molar-refractivity contribution >= 4 is 18.4 Å². The average molecular weight is 214 g/mol. The SMILES string of the molecule is CC12C3C4C5C(C1C53N)C42C(=O)O.Cl. The van der Waals surface area contributed by atoms with Crippen LogP contribution in [0.5, 0.6) is 0 Å². The first kappa shape index (κ1) is 7.94. The lowest BCUT2D eigenvalue weighted by atomic mass is 8.90. The molecule has 14 heavy (non-hydrogen) atoms. The molecule has 0 aromatic rings. The number of aliphatic carboxylic acids is 1. The maximum atomic E-state index is 11.3. The van der Waals surface area contributed by atoms with Crippen molar-refractivity contribution in [3.63, 3.8) is 0 Å². The van der Waals surface area contributed by atoms with Gasteiger partial charge in [-0.3, -0.25) is 4.79 Å². The van der Waals surface area contributed by atoms with Gasteiger partial charge in [0.1, 0.15) is 0 Å². The van der Waals surface area contributed by atoms with Gasteiger partial charge in [0.25, 0.3) is 0 Å². The van der Waals surface area contributed by atoms with Gasteiger partial charge in [0.15, 0.2) is 0 Å². The molecule has 0 aromatic carbocycles. The molecule has 0 radical (unpaired) electrons. The smallest absolute Gasteiger partial charge is 0.310 e. The minimum Gasteiger partial charge on any atom is -0.481 e. The molecule has 0 aromatic heterocycles. The van der Waals surface area contributed by atoms with Crippen LogP contribution in [0.4, 0.5) is 0 Å². The zero-order valence-electron chi connectivity index (χ0n) is 7.73. The number of hydrogen-bond acceptors (Lipinski definition) is 2. The Bertz CT molecular complexity index is 400. The molecule has 6 saturated carbocycles. The van der Waals surface area contributed by atoms with Crippen molar-refractivity contribution in [2.45, 2.75) is 12.5 Å². The molecule has 0 amide bonds. The summed E-state index contributed by atoms with van der Waals surface area (Å²) in [7, 11) is 0. The molecule has 6 aliphatic carbocycles. The summed E-state index contributed by atoms with van der Waals surface area (Å²) in [6.45, 7) is 2.16. The van der Waals surface area contributed by atoms with Crippen molar-refractivity contribution < 1.29 is 9.90 Å². The minimum absolute atomic E-state index is 0. The molecule has 0 aliphatic heterocycles. The normalized spacial score (nSPS) is 81.7. The highest BCUT2D eigenvalue weighted by Gasteiger charge is 3.15. The molecule has 6 fully saturated rings. The Morgan fingerprint density at radius 3 is 2.14 bits per heavy atom. The summed E-state index contributed by atoms with van der Waals surface area (Å²) < 4.78 is 0. The number of nitrogens with two attached hydrogens (primary N) is 1. The van der Waals surface area contributed by atoms with E-state index >= 15 is 0 Å². The van der Waals surface area contributed by atoms with Crippen LogP contribution in [0.15, 0.2) is 0 Å². The topological polar surface area (TPSA) is 63.3 Å². The van der Waals surface area contributed by atoms with E-state index in [9.17, 15) is 9.90 Å². The van der Waals surface area contributed by atoms with Gasteiger partial charge in [-0.15, -0.1) is 12.4 Å². The number of carboxylic acid groups (broad SMARTS) is 1. The molecule has 4 unspecified atom stereocenters. The summed E-state index contributed by atoms with van der Waals surface area (Å²) in [6.07, 6.45) is 0. The Hall–Kier alpha value is -0.280. The van der Waals surface area contributed by atoms with Crippen LogP contribution in [0.2, 0.25) is 0 Å². The molecule has 4 atom stereocenters. The molecule has 6 rings (SSSR count). The first-order chi connectivity index (χ1) is 6.05. The largest absolute Gasteiger partial charge is 0.481 e. The summed E-state index contributed by atoms with van der Waals surface area (Å²) in [4.78, 5) is 11.3. The minimum atomic E-state index is -0.532. The Morgan fingerprint density at radius 2 is 1.79 bits per heavy atom. The third-order valence-electron chi connectivity index (χ3n) is 6.74. The van der Waals surface area contributed by atoms with Gasteiger partial charge in [-0.1, -0.05) is 6.92 Å². The van der Waals surface area contributed by atoms with Crippen molar-refractivity contribution in [2.24, 2.45) is 46.2 Å². The van der Waals surface area contributed by atoms with Crippen LogP contribution in [0, 0.1) is 40.4 Å². The number of carbonyl (C=O) groups is 1. The maximum Gasteiger partial charge on any atom is 0.310 e. The summed E-state index contributed by atoms with van der Waals surface area (Å²) in [5, 5.41) is 9.27. The van der Waals surface area contributed by atoms with Crippen LogP contribution in [0.1, 0.15) is 6.92 Å². The zero-order chi connectivity index (χ0) is 8.96. The zero-order valence-corrected chi connectivity index (χ0v) is 8.54. The van der Waals surface area contributed by atoms with Crippen molar-refractivity contribution in [2.75, 3.05) is 0 Å². The highest BCUT2D eigenvalue weighted by Crippen LogP contribution is 3.10. The van der Waals surface area contributed by atoms with Crippen LogP contribution < -0.4 is 5.73 Å². The quantitative estimate of drug-likeness (QED) is 0.660. The van der Waals surface area contributed by atoms with E-state index in [0.717, 1.165) is 0 Å². The van der Waals surface area contributed by atoms with Gasteiger partial charge in [-0.2, -0.15) is 0 Å². The standard InChI is InChI=1S/C10H11NO2.ClH/c1-8-5-3-2-4(6(8)10(2,5)11)9(3,8)7(12)13;/h2-6H,11H2,1H3,(H,12,13);1H. The molecule has 0 saturated heterocycles. The third-order valence-corrected chi connectivity index (χ3v) is 6.74. The van der Waals surface area contributed by atoms with Gasteiger partial charge in [-0.25, -0.2) is 0 Å². The molecular weight excluding hydrogens is 202 g/mol. The van der Waals surface area contributed by atoms with Gasteiger partial charge in [0.2, 0.25) is 0 Å². The molecule has 0 heterocycles. The predicted molar refractivity (Wildman–Crippen MR) is 49.8 cm³/mol. The van der Waals surface area contributed by atoms with Gasteiger partial charge in [0, 0.05) is 5.54 Å². The van der Waals surface area contributed by atoms with Crippen molar-refractivity contribution in [1.29, 1.82) is 0 Å². The van der Waals surface area contributed by atoms with Crippen LogP contribution in [0.25, 0.3) is 0 Å². The fourth-order valence-corrected chi connectivity index (χ4v) is 6.89. The Balaban J connectivity index is 0.000000578. The lowest BCUT2D eigenvalue weighted by Gasteiger charge is -3.13. The van der Waals surface area contributed by atoms with E-state index in [0.29, 0.717) is 29.6 Å². The molecule has 4 heteroatoms. The van der Waals surface area contributed by atoms with Gasteiger partial charge in [0.05, 0.1) is 5.41 Å². The van der Waals surface area contributed by atoms with Crippen molar-refractivity contribution in [3.8, 4) is 0 Å². The lowest BCUT2D eigenvalue weighted by Crippen LogP contribution is -3.19. The number of halogens is 1. The van der Waals surface area contributed by atoms with E-state index in [4.69, 9.17) is 5.73 Å². The summed E-state index contributed by atoms with van der Waals surface area (Å²) >= 11 is 0. The third kappa shape index (κ3) is 0.255. The summed E-state index contributed by atoms with van der Waals surface area (Å²) in [6, 6.07) is 0. The highest BCUT2D eigenvalue weighted by molar-refractivity contribution is 5.89.